The van der Waals surface area contributed by atoms with E-state index in [0.29, 0.717) is 11.0 Å². The van der Waals surface area contributed by atoms with Crippen molar-refractivity contribution in [1.82, 2.24) is 9.13 Å². The minimum absolute atomic E-state index is 0.0698. The molecule has 2 aromatic rings. The van der Waals surface area contributed by atoms with E-state index in [2.05, 4.69) is 0 Å². The van der Waals surface area contributed by atoms with Gasteiger partial charge in [-0.05, 0) is 18.2 Å². The normalized spacial score (nSPS) is 10.5. The van der Waals surface area contributed by atoms with E-state index in [1.165, 1.54) is 27.3 Å². The van der Waals surface area contributed by atoms with E-state index in [-0.39, 0.29) is 12.2 Å². The molecule has 1 heterocycles. The van der Waals surface area contributed by atoms with Crippen LogP contribution < -0.4 is 5.69 Å². The van der Waals surface area contributed by atoms with Gasteiger partial charge in [-0.3, -0.25) is 9.13 Å². The third-order valence-corrected chi connectivity index (χ3v) is 2.34. The lowest BCUT2D eigenvalue weighted by atomic mass is 10.3. The Morgan fingerprint density at radius 2 is 2.20 bits per heavy atom. The van der Waals surface area contributed by atoms with Crippen LogP contribution in [0.4, 0.5) is 4.39 Å². The highest BCUT2D eigenvalue weighted by Crippen LogP contribution is 2.13. The summed E-state index contributed by atoms with van der Waals surface area (Å²) in [5.74, 6) is -0.417. The zero-order chi connectivity index (χ0) is 11.0. The van der Waals surface area contributed by atoms with Crippen molar-refractivity contribution in [1.29, 1.82) is 5.26 Å². The standard InChI is InChI=1S/C10H8FN3O/c1-13-8-3-2-7(11)6-9(8)14(5-4-12)10(13)15/h2-3,6H,5H2,1H3. The first kappa shape index (κ1) is 9.46. The first-order valence-electron chi connectivity index (χ1n) is 4.37. The maximum absolute atomic E-state index is 13.0. The fourth-order valence-corrected chi connectivity index (χ4v) is 1.61. The van der Waals surface area contributed by atoms with E-state index >= 15 is 0 Å². The predicted molar refractivity (Wildman–Crippen MR) is 52.8 cm³/mol. The summed E-state index contributed by atoms with van der Waals surface area (Å²) in [5.41, 5.74) is 0.762. The van der Waals surface area contributed by atoms with Gasteiger partial charge >= 0.3 is 5.69 Å². The molecule has 0 atom stereocenters. The Kier molecular flexibility index (Phi) is 2.05. The fourth-order valence-electron chi connectivity index (χ4n) is 1.61. The van der Waals surface area contributed by atoms with E-state index in [0.717, 1.165) is 0 Å². The predicted octanol–water partition coefficient (Wildman–Crippen LogP) is 1.00. The van der Waals surface area contributed by atoms with Crippen molar-refractivity contribution < 1.29 is 4.39 Å². The molecule has 0 saturated heterocycles. The molecule has 0 bridgehead atoms. The highest BCUT2D eigenvalue weighted by Gasteiger charge is 2.10. The van der Waals surface area contributed by atoms with E-state index in [1.54, 1.807) is 7.05 Å². The highest BCUT2D eigenvalue weighted by molar-refractivity contribution is 5.76. The summed E-state index contributed by atoms with van der Waals surface area (Å²) in [6.07, 6.45) is 0. The van der Waals surface area contributed by atoms with Crippen molar-refractivity contribution >= 4 is 11.0 Å². The Hall–Kier alpha value is -2.09. The van der Waals surface area contributed by atoms with Crippen molar-refractivity contribution in [2.45, 2.75) is 6.54 Å². The Labute approximate surface area is 84.8 Å². The van der Waals surface area contributed by atoms with E-state index < -0.39 is 5.82 Å². The summed E-state index contributed by atoms with van der Waals surface area (Å²) in [6, 6.07) is 5.95. The molecule has 0 aliphatic heterocycles. The fraction of sp³-hybridized carbons (Fsp3) is 0.200. The van der Waals surface area contributed by atoms with Gasteiger partial charge in [0, 0.05) is 7.05 Å². The second-order valence-electron chi connectivity index (χ2n) is 3.22. The topological polar surface area (TPSA) is 50.7 Å². The first-order valence-corrected chi connectivity index (χ1v) is 4.37. The molecule has 76 valence electrons. The van der Waals surface area contributed by atoms with Gasteiger partial charge in [-0.15, -0.1) is 0 Å². The molecule has 15 heavy (non-hydrogen) atoms. The Bertz CT molecular complexity index is 618. The Morgan fingerprint density at radius 3 is 2.87 bits per heavy atom. The molecular formula is C10H8FN3O. The minimum atomic E-state index is -0.417. The summed E-state index contributed by atoms with van der Waals surface area (Å²) in [5, 5.41) is 8.57. The van der Waals surface area contributed by atoms with Gasteiger partial charge in [-0.25, -0.2) is 9.18 Å². The van der Waals surface area contributed by atoms with Gasteiger partial charge in [0.05, 0.1) is 17.1 Å². The summed E-state index contributed by atoms with van der Waals surface area (Å²) < 4.78 is 15.6. The summed E-state index contributed by atoms with van der Waals surface area (Å²) in [7, 11) is 1.59. The molecule has 1 aromatic carbocycles. The number of aryl methyl sites for hydroxylation is 1. The molecule has 0 aliphatic rings. The SMILES string of the molecule is Cn1c(=O)n(CC#N)c2cc(F)ccc21. The molecule has 4 nitrogen and oxygen atoms in total. The van der Waals surface area contributed by atoms with Crippen LogP contribution >= 0.6 is 0 Å². The van der Waals surface area contributed by atoms with Crippen molar-refractivity contribution in [3.63, 3.8) is 0 Å². The van der Waals surface area contributed by atoms with E-state index in [4.69, 9.17) is 5.26 Å². The van der Waals surface area contributed by atoms with Crippen LogP contribution in [-0.2, 0) is 13.6 Å². The number of hydrogen-bond acceptors (Lipinski definition) is 2. The van der Waals surface area contributed by atoms with Crippen molar-refractivity contribution in [3.05, 3.63) is 34.5 Å². The lowest BCUT2D eigenvalue weighted by Gasteiger charge is -1.95. The van der Waals surface area contributed by atoms with Crippen LogP contribution in [0, 0.1) is 17.1 Å². The summed E-state index contributed by atoms with van der Waals surface area (Å²) >= 11 is 0. The van der Waals surface area contributed by atoms with Crippen LogP contribution in [0.3, 0.4) is 0 Å². The average Bonchev–Trinajstić information content (AvgIpc) is 2.44. The van der Waals surface area contributed by atoms with Crippen LogP contribution in [-0.4, -0.2) is 9.13 Å². The number of benzene rings is 1. The van der Waals surface area contributed by atoms with Crippen LogP contribution in [0.1, 0.15) is 0 Å². The molecular weight excluding hydrogens is 197 g/mol. The van der Waals surface area contributed by atoms with Gasteiger partial charge in [0.25, 0.3) is 0 Å². The number of fused-ring (bicyclic) bond motifs is 1. The number of rotatable bonds is 1. The van der Waals surface area contributed by atoms with E-state index in [1.807, 2.05) is 6.07 Å². The van der Waals surface area contributed by atoms with Crippen molar-refractivity contribution in [3.8, 4) is 6.07 Å². The van der Waals surface area contributed by atoms with Gasteiger partial charge in [-0.1, -0.05) is 0 Å². The second kappa shape index (κ2) is 3.24. The van der Waals surface area contributed by atoms with Gasteiger partial charge in [-0.2, -0.15) is 5.26 Å². The lowest BCUT2D eigenvalue weighted by molar-refractivity contribution is 0.628. The lowest BCUT2D eigenvalue weighted by Crippen LogP contribution is -2.21. The smallest absolute Gasteiger partial charge is 0.295 e. The third kappa shape index (κ3) is 1.31. The molecule has 0 spiro atoms. The zero-order valence-electron chi connectivity index (χ0n) is 8.07. The van der Waals surface area contributed by atoms with Gasteiger partial charge < -0.3 is 0 Å². The van der Waals surface area contributed by atoms with E-state index in [9.17, 15) is 9.18 Å². The maximum Gasteiger partial charge on any atom is 0.329 e. The summed E-state index contributed by atoms with van der Waals surface area (Å²) in [4.78, 5) is 11.6. The van der Waals surface area contributed by atoms with Crippen molar-refractivity contribution in [2.24, 2.45) is 7.05 Å². The first-order chi connectivity index (χ1) is 7.15. The second-order valence-corrected chi connectivity index (χ2v) is 3.22. The highest BCUT2D eigenvalue weighted by atomic mass is 19.1. The molecule has 0 N–H and O–H groups in total. The molecule has 0 radical (unpaired) electrons. The quantitative estimate of drug-likeness (QED) is 0.697. The molecule has 0 saturated carbocycles. The van der Waals surface area contributed by atoms with Crippen LogP contribution in [0.5, 0.6) is 0 Å². The van der Waals surface area contributed by atoms with Crippen molar-refractivity contribution in [2.75, 3.05) is 0 Å². The number of aromatic nitrogens is 2. The van der Waals surface area contributed by atoms with Crippen LogP contribution in [0.2, 0.25) is 0 Å². The number of imidazole rings is 1. The van der Waals surface area contributed by atoms with Crippen LogP contribution in [0.25, 0.3) is 11.0 Å². The van der Waals surface area contributed by atoms with Gasteiger partial charge in [0.15, 0.2) is 0 Å². The largest absolute Gasteiger partial charge is 0.329 e. The number of nitriles is 1. The number of nitrogens with zero attached hydrogens (tertiary/aromatic N) is 3. The monoisotopic (exact) mass is 205 g/mol. The molecule has 0 aliphatic carbocycles. The molecule has 0 unspecified atom stereocenters. The van der Waals surface area contributed by atoms with Gasteiger partial charge in [0.1, 0.15) is 12.4 Å². The van der Waals surface area contributed by atoms with Gasteiger partial charge in [0.2, 0.25) is 0 Å². The molecule has 0 amide bonds. The minimum Gasteiger partial charge on any atom is -0.295 e. The zero-order valence-corrected chi connectivity index (χ0v) is 8.07. The molecule has 5 heteroatoms. The number of halogens is 1. The maximum atomic E-state index is 13.0. The molecule has 2 rings (SSSR count). The Balaban J connectivity index is 2.90. The Morgan fingerprint density at radius 1 is 1.47 bits per heavy atom. The summed E-state index contributed by atoms with van der Waals surface area (Å²) in [6.45, 7) is -0.0698. The number of hydrogen-bond donors (Lipinski definition) is 0. The molecule has 0 fully saturated rings. The molecule has 1 aromatic heterocycles. The van der Waals surface area contributed by atoms with Crippen LogP contribution in [0.15, 0.2) is 23.0 Å². The average molecular weight is 205 g/mol. The third-order valence-electron chi connectivity index (χ3n) is 2.34.